The zero-order valence-electron chi connectivity index (χ0n) is 19.8. The van der Waals surface area contributed by atoms with Crippen molar-refractivity contribution in [2.75, 3.05) is 10.0 Å². The number of ether oxygens (including phenoxy) is 1. The number of H-pyrrole nitrogens is 1. The lowest BCUT2D eigenvalue weighted by Gasteiger charge is -2.19. The summed E-state index contributed by atoms with van der Waals surface area (Å²) in [6.07, 6.45) is -0.762. The van der Waals surface area contributed by atoms with Gasteiger partial charge in [-0.15, -0.1) is 0 Å². The summed E-state index contributed by atoms with van der Waals surface area (Å²) in [5.41, 5.74) is 6.60. The Bertz CT molecular complexity index is 1570. The molecule has 1 atom stereocenters. The van der Waals surface area contributed by atoms with E-state index < -0.39 is 33.6 Å². The van der Waals surface area contributed by atoms with Gasteiger partial charge in [0.25, 0.3) is 15.9 Å². The van der Waals surface area contributed by atoms with E-state index in [-0.39, 0.29) is 40.0 Å². The van der Waals surface area contributed by atoms with E-state index >= 15 is 0 Å². The van der Waals surface area contributed by atoms with Gasteiger partial charge in [-0.1, -0.05) is 23.4 Å². The molecule has 0 saturated carbocycles. The molecule has 0 spiro atoms. The van der Waals surface area contributed by atoms with Crippen molar-refractivity contribution in [2.45, 2.75) is 25.7 Å². The van der Waals surface area contributed by atoms with E-state index in [0.29, 0.717) is 11.3 Å². The number of aromatic amines is 1. The topological polar surface area (TPSA) is 165 Å². The van der Waals surface area contributed by atoms with Crippen molar-refractivity contribution in [1.29, 1.82) is 0 Å². The molecule has 0 saturated heterocycles. The quantitative estimate of drug-likeness (QED) is 0.225. The molecule has 0 bridgehead atoms. The predicted molar refractivity (Wildman–Crippen MR) is 131 cm³/mol. The van der Waals surface area contributed by atoms with E-state index in [2.05, 4.69) is 20.7 Å². The molecule has 200 valence electrons. The normalized spacial score (nSPS) is 12.4. The number of sulfonamides is 1. The number of carbonyl (C=O) groups excluding carboxylic acids is 1. The maximum Gasteiger partial charge on any atom is 0.355 e. The zero-order chi connectivity index (χ0) is 27.6. The second-order valence-corrected chi connectivity index (χ2v) is 9.72. The highest BCUT2D eigenvalue weighted by molar-refractivity contribution is 7.93. The second-order valence-electron chi connectivity index (χ2n) is 8.07. The van der Waals surface area contributed by atoms with Gasteiger partial charge in [0.2, 0.25) is 5.88 Å². The van der Waals surface area contributed by atoms with E-state index in [9.17, 15) is 26.4 Å². The number of carbonyl (C=O) groups is 1. The van der Waals surface area contributed by atoms with Gasteiger partial charge >= 0.3 is 5.76 Å². The van der Waals surface area contributed by atoms with Gasteiger partial charge in [-0.05, 0) is 43.7 Å². The first-order chi connectivity index (χ1) is 17.9. The third-order valence-corrected chi connectivity index (χ3v) is 6.25. The molecular weight excluding hydrogens is 529 g/mol. The van der Waals surface area contributed by atoms with Gasteiger partial charge in [0, 0.05) is 11.6 Å². The van der Waals surface area contributed by atoms with Crippen LogP contribution < -0.4 is 20.5 Å². The number of hydrogen-bond acceptors (Lipinski definition) is 8. The summed E-state index contributed by atoms with van der Waals surface area (Å²) < 4.78 is 75.9. The number of nitrogens with one attached hydrogen (secondary N) is 3. The Labute approximate surface area is 214 Å². The van der Waals surface area contributed by atoms with E-state index in [1.165, 1.54) is 42.5 Å². The average molecular weight is 551 g/mol. The van der Waals surface area contributed by atoms with Crippen molar-refractivity contribution in [3.05, 3.63) is 71.2 Å². The van der Waals surface area contributed by atoms with Crippen molar-refractivity contribution in [3.8, 4) is 17.0 Å². The van der Waals surface area contributed by atoms with Crippen molar-refractivity contribution in [1.82, 2.24) is 15.4 Å². The number of aryl methyl sites for hydroxylation is 1. The van der Waals surface area contributed by atoms with Crippen LogP contribution in [-0.2, 0) is 10.0 Å². The standard InChI is InChI=1S/C23H21F3N6O5S/c1-11-9-18(37-31-11)28-22-19(21(27)33)20(29-30-22)14-5-8-16(32-38(34,35)23(25)26)17(10-14)36-12(2)13-3-6-15(24)7-4-13/h3-10,12,23,32H,1-2H3,(H2,27,33)(H2,28,29,30)/t12-/m0/s1. The zero-order valence-corrected chi connectivity index (χ0v) is 20.6. The summed E-state index contributed by atoms with van der Waals surface area (Å²) in [6, 6.07) is 10.7. The van der Waals surface area contributed by atoms with Crippen LogP contribution in [0.3, 0.4) is 0 Å². The Morgan fingerprint density at radius 2 is 1.87 bits per heavy atom. The predicted octanol–water partition coefficient (Wildman–Crippen LogP) is 4.46. The molecule has 0 aliphatic carbocycles. The summed E-state index contributed by atoms with van der Waals surface area (Å²) in [4.78, 5) is 12.3. The molecule has 0 aliphatic rings. The molecule has 0 unspecified atom stereocenters. The number of amides is 1. The van der Waals surface area contributed by atoms with Crippen LogP contribution in [0.25, 0.3) is 11.3 Å². The summed E-state index contributed by atoms with van der Waals surface area (Å²) in [7, 11) is -5.04. The minimum atomic E-state index is -5.04. The maximum absolute atomic E-state index is 13.3. The van der Waals surface area contributed by atoms with Crippen LogP contribution in [0.2, 0.25) is 0 Å². The number of anilines is 3. The SMILES string of the molecule is Cc1cc(Nc2[nH]nc(-c3ccc(NS(=O)(=O)C(F)F)c(O[C@@H](C)c4ccc(F)cc4)c3)c2C(N)=O)on1. The molecule has 5 N–H and O–H groups in total. The third-order valence-electron chi connectivity index (χ3n) is 5.27. The third kappa shape index (κ3) is 5.72. The first kappa shape index (κ1) is 26.5. The second kappa shape index (κ2) is 10.5. The minimum absolute atomic E-state index is 0.0544. The largest absolute Gasteiger partial charge is 0.484 e. The fraction of sp³-hybridized carbons (Fsp3) is 0.174. The number of nitrogens with two attached hydrogens (primary N) is 1. The van der Waals surface area contributed by atoms with Crippen molar-refractivity contribution in [3.63, 3.8) is 0 Å². The maximum atomic E-state index is 13.3. The molecule has 11 nitrogen and oxygen atoms in total. The molecule has 4 aromatic rings. The first-order valence-corrected chi connectivity index (χ1v) is 12.4. The van der Waals surface area contributed by atoms with E-state index in [1.807, 2.05) is 0 Å². The van der Waals surface area contributed by atoms with Crippen LogP contribution in [0.15, 0.2) is 53.1 Å². The molecule has 38 heavy (non-hydrogen) atoms. The molecule has 2 heterocycles. The van der Waals surface area contributed by atoms with Crippen LogP contribution in [0.4, 0.5) is 30.6 Å². The van der Waals surface area contributed by atoms with Gasteiger partial charge in [0.05, 0.1) is 11.4 Å². The molecule has 2 aromatic carbocycles. The Balaban J connectivity index is 1.75. The van der Waals surface area contributed by atoms with Gasteiger partial charge in [-0.3, -0.25) is 14.6 Å². The van der Waals surface area contributed by atoms with Crippen LogP contribution in [0, 0.1) is 12.7 Å². The first-order valence-electron chi connectivity index (χ1n) is 10.9. The van der Waals surface area contributed by atoms with Crippen molar-refractivity contribution in [2.24, 2.45) is 5.73 Å². The number of aromatic nitrogens is 3. The monoisotopic (exact) mass is 550 g/mol. The molecule has 2 aromatic heterocycles. The molecule has 15 heteroatoms. The molecule has 0 aliphatic heterocycles. The lowest BCUT2D eigenvalue weighted by atomic mass is 10.1. The molecular formula is C23H21F3N6O5S. The molecule has 0 radical (unpaired) electrons. The minimum Gasteiger partial charge on any atom is -0.484 e. The van der Waals surface area contributed by atoms with E-state index in [4.69, 9.17) is 15.0 Å². The van der Waals surface area contributed by atoms with Crippen LogP contribution in [0.5, 0.6) is 5.75 Å². The van der Waals surface area contributed by atoms with Gasteiger partial charge in [0.1, 0.15) is 34.7 Å². The highest BCUT2D eigenvalue weighted by Gasteiger charge is 2.27. The van der Waals surface area contributed by atoms with Crippen LogP contribution >= 0.6 is 0 Å². The smallest absolute Gasteiger partial charge is 0.355 e. The van der Waals surface area contributed by atoms with Crippen LogP contribution in [0.1, 0.15) is 34.6 Å². The molecule has 1 amide bonds. The molecule has 4 rings (SSSR count). The summed E-state index contributed by atoms with van der Waals surface area (Å²) in [5.74, 6) is -4.91. The van der Waals surface area contributed by atoms with Gasteiger partial charge in [-0.2, -0.15) is 13.9 Å². The molecule has 0 fully saturated rings. The number of halogens is 3. The highest BCUT2D eigenvalue weighted by atomic mass is 32.2. The number of rotatable bonds is 10. The van der Waals surface area contributed by atoms with E-state index in [1.54, 1.807) is 24.6 Å². The number of nitrogens with zero attached hydrogens (tertiary/aromatic N) is 2. The van der Waals surface area contributed by atoms with Gasteiger partial charge in [0.15, 0.2) is 0 Å². The van der Waals surface area contributed by atoms with Gasteiger partial charge < -0.3 is 20.3 Å². The number of hydrogen-bond donors (Lipinski definition) is 4. The number of primary amides is 1. The Kier molecular flexibility index (Phi) is 7.30. The summed E-state index contributed by atoms with van der Waals surface area (Å²) in [6.45, 7) is 3.29. The Morgan fingerprint density at radius 3 is 2.47 bits per heavy atom. The lowest BCUT2D eigenvalue weighted by Crippen LogP contribution is -2.21. The van der Waals surface area contributed by atoms with E-state index in [0.717, 1.165) is 0 Å². The van der Waals surface area contributed by atoms with Crippen LogP contribution in [-0.4, -0.2) is 35.4 Å². The van der Waals surface area contributed by atoms with Gasteiger partial charge in [-0.25, -0.2) is 12.8 Å². The van der Waals surface area contributed by atoms with Crippen molar-refractivity contribution < 1.29 is 35.6 Å². The summed E-state index contributed by atoms with van der Waals surface area (Å²) in [5, 5.41) is 13.3. The Hall–Kier alpha value is -4.53. The fourth-order valence-corrected chi connectivity index (χ4v) is 4.03. The van der Waals surface area contributed by atoms with Crippen molar-refractivity contribution >= 4 is 33.3 Å². The average Bonchev–Trinajstić information content (AvgIpc) is 3.46. The number of benzene rings is 2. The Morgan fingerprint density at radius 1 is 1.16 bits per heavy atom. The summed E-state index contributed by atoms with van der Waals surface area (Å²) >= 11 is 0. The number of alkyl halides is 2. The fourth-order valence-electron chi connectivity index (χ4n) is 3.47. The lowest BCUT2D eigenvalue weighted by molar-refractivity contribution is 0.100. The highest BCUT2D eigenvalue weighted by Crippen LogP contribution is 2.37.